The lowest BCUT2D eigenvalue weighted by Gasteiger charge is -2.35. The van der Waals surface area contributed by atoms with E-state index in [9.17, 15) is 13.2 Å². The molecular weight excluding hydrogens is 314 g/mol. The summed E-state index contributed by atoms with van der Waals surface area (Å²) in [5.74, 6) is 0. The highest BCUT2D eigenvalue weighted by molar-refractivity contribution is 7.89. The van der Waals surface area contributed by atoms with Crippen molar-refractivity contribution in [2.24, 2.45) is 0 Å². The number of sulfonamides is 1. The van der Waals surface area contributed by atoms with Crippen LogP contribution in [0.25, 0.3) is 0 Å². The van der Waals surface area contributed by atoms with Crippen LogP contribution in [0.1, 0.15) is 0 Å². The molecule has 1 aliphatic rings. The largest absolute Gasteiger partial charge is 0.331 e. The first-order valence-corrected chi connectivity index (χ1v) is 8.36. The van der Waals surface area contributed by atoms with Crippen LogP contribution in [0.4, 0.5) is 4.79 Å². The van der Waals surface area contributed by atoms with Crippen molar-refractivity contribution in [3.63, 3.8) is 0 Å². The monoisotopic (exact) mass is 331 g/mol. The number of nitrogens with zero attached hydrogens (tertiary/aromatic N) is 3. The molecule has 2 amide bonds. The molecule has 0 radical (unpaired) electrons. The van der Waals surface area contributed by atoms with Gasteiger partial charge < -0.3 is 9.80 Å². The summed E-state index contributed by atoms with van der Waals surface area (Å²) in [6, 6.07) is 6.00. The van der Waals surface area contributed by atoms with Crippen LogP contribution < -0.4 is 0 Å². The molecule has 2 rings (SSSR count). The predicted molar refractivity (Wildman–Crippen MR) is 80.9 cm³/mol. The van der Waals surface area contributed by atoms with Crippen LogP contribution in [-0.2, 0) is 10.0 Å². The number of halogens is 1. The van der Waals surface area contributed by atoms with E-state index in [4.69, 9.17) is 11.6 Å². The molecule has 8 heteroatoms. The van der Waals surface area contributed by atoms with Crippen molar-refractivity contribution >= 4 is 27.7 Å². The average molecular weight is 332 g/mol. The highest BCUT2D eigenvalue weighted by Gasteiger charge is 2.30. The Bertz CT molecular complexity index is 608. The molecule has 0 atom stereocenters. The Morgan fingerprint density at radius 1 is 1.10 bits per heavy atom. The van der Waals surface area contributed by atoms with Gasteiger partial charge in [-0.3, -0.25) is 0 Å². The minimum atomic E-state index is -3.53. The summed E-state index contributed by atoms with van der Waals surface area (Å²) < 4.78 is 26.4. The van der Waals surface area contributed by atoms with Crippen molar-refractivity contribution in [2.45, 2.75) is 4.90 Å². The van der Waals surface area contributed by atoms with E-state index >= 15 is 0 Å². The van der Waals surface area contributed by atoms with E-state index in [1.807, 2.05) is 0 Å². The number of carbonyl (C=O) groups is 1. The number of hydrogen-bond acceptors (Lipinski definition) is 3. The number of benzene rings is 1. The molecule has 21 heavy (non-hydrogen) atoms. The van der Waals surface area contributed by atoms with E-state index in [2.05, 4.69) is 0 Å². The van der Waals surface area contributed by atoms with Gasteiger partial charge in [-0.15, -0.1) is 0 Å². The standard InChI is InChI=1S/C13H18ClN3O3S/c1-15(2)13(18)16-7-9-17(10-8-16)21(19,20)12-5-3-11(14)4-6-12/h3-6H,7-10H2,1-2H3. The molecule has 0 N–H and O–H groups in total. The Morgan fingerprint density at radius 3 is 2.10 bits per heavy atom. The average Bonchev–Trinajstić information content (AvgIpc) is 2.47. The zero-order valence-electron chi connectivity index (χ0n) is 12.0. The van der Waals surface area contributed by atoms with Crippen LogP contribution in [0.2, 0.25) is 5.02 Å². The van der Waals surface area contributed by atoms with Gasteiger partial charge in [-0.1, -0.05) is 11.6 Å². The van der Waals surface area contributed by atoms with Crippen LogP contribution >= 0.6 is 11.6 Å². The van der Waals surface area contributed by atoms with Gasteiger partial charge in [0.05, 0.1) is 4.90 Å². The van der Waals surface area contributed by atoms with Crippen molar-refractivity contribution in [2.75, 3.05) is 40.3 Å². The van der Waals surface area contributed by atoms with Gasteiger partial charge in [0.15, 0.2) is 0 Å². The van der Waals surface area contributed by atoms with Gasteiger partial charge in [-0.05, 0) is 24.3 Å². The highest BCUT2D eigenvalue weighted by atomic mass is 35.5. The fourth-order valence-corrected chi connectivity index (χ4v) is 3.71. The Balaban J connectivity index is 2.07. The molecule has 0 saturated carbocycles. The molecule has 0 unspecified atom stereocenters. The summed E-state index contributed by atoms with van der Waals surface area (Å²) in [6.07, 6.45) is 0. The molecule has 0 spiro atoms. The molecular formula is C13H18ClN3O3S. The molecule has 1 fully saturated rings. The lowest BCUT2D eigenvalue weighted by atomic mass is 10.4. The molecule has 1 aromatic carbocycles. The fourth-order valence-electron chi connectivity index (χ4n) is 2.16. The third-order valence-electron chi connectivity index (χ3n) is 3.34. The molecule has 1 heterocycles. The van der Waals surface area contributed by atoms with Gasteiger partial charge in [0.1, 0.15) is 0 Å². The van der Waals surface area contributed by atoms with Crippen LogP contribution in [-0.4, -0.2) is 68.8 Å². The predicted octanol–water partition coefficient (Wildman–Crippen LogP) is 1.33. The molecule has 0 bridgehead atoms. The number of amides is 2. The smallest absolute Gasteiger partial charge is 0.319 e. The van der Waals surface area contributed by atoms with Crippen LogP contribution in [0.5, 0.6) is 0 Å². The SMILES string of the molecule is CN(C)C(=O)N1CCN(S(=O)(=O)c2ccc(Cl)cc2)CC1. The van der Waals surface area contributed by atoms with Crippen molar-refractivity contribution in [3.05, 3.63) is 29.3 Å². The van der Waals surface area contributed by atoms with E-state index in [1.165, 1.54) is 21.3 Å². The maximum absolute atomic E-state index is 12.5. The zero-order chi connectivity index (χ0) is 15.6. The van der Waals surface area contributed by atoms with E-state index in [1.54, 1.807) is 31.1 Å². The summed E-state index contributed by atoms with van der Waals surface area (Å²) in [4.78, 5) is 15.2. The minimum absolute atomic E-state index is 0.0986. The van der Waals surface area contributed by atoms with Crippen molar-refractivity contribution in [1.82, 2.24) is 14.1 Å². The highest BCUT2D eigenvalue weighted by Crippen LogP contribution is 2.20. The second-order valence-electron chi connectivity index (χ2n) is 5.02. The number of rotatable bonds is 2. The normalized spacial score (nSPS) is 16.8. The molecule has 1 aromatic rings. The molecule has 116 valence electrons. The Morgan fingerprint density at radius 2 is 1.62 bits per heavy atom. The summed E-state index contributed by atoms with van der Waals surface area (Å²) in [7, 11) is -0.166. The first-order valence-electron chi connectivity index (χ1n) is 6.54. The Labute approximate surface area is 129 Å². The van der Waals surface area contributed by atoms with E-state index in [-0.39, 0.29) is 10.9 Å². The molecule has 1 saturated heterocycles. The Kier molecular flexibility index (Phi) is 4.75. The third kappa shape index (κ3) is 3.48. The van der Waals surface area contributed by atoms with E-state index in [0.717, 1.165) is 0 Å². The van der Waals surface area contributed by atoms with Crippen molar-refractivity contribution < 1.29 is 13.2 Å². The van der Waals surface area contributed by atoms with Gasteiger partial charge >= 0.3 is 6.03 Å². The fraction of sp³-hybridized carbons (Fsp3) is 0.462. The van der Waals surface area contributed by atoms with Gasteiger partial charge in [-0.25, -0.2) is 13.2 Å². The summed E-state index contributed by atoms with van der Waals surface area (Å²) in [6.45, 7) is 1.38. The first kappa shape index (κ1) is 16.1. The lowest BCUT2D eigenvalue weighted by Crippen LogP contribution is -2.52. The summed E-state index contributed by atoms with van der Waals surface area (Å²) in [5, 5.41) is 0.496. The van der Waals surface area contributed by atoms with E-state index in [0.29, 0.717) is 31.2 Å². The maximum Gasteiger partial charge on any atom is 0.319 e. The number of piperazine rings is 1. The zero-order valence-corrected chi connectivity index (χ0v) is 13.6. The number of carbonyl (C=O) groups excluding carboxylic acids is 1. The third-order valence-corrected chi connectivity index (χ3v) is 5.51. The molecule has 6 nitrogen and oxygen atoms in total. The van der Waals surface area contributed by atoms with Gasteiger partial charge in [0.25, 0.3) is 0 Å². The first-order chi connectivity index (χ1) is 9.82. The van der Waals surface area contributed by atoms with Crippen LogP contribution in [0.3, 0.4) is 0 Å². The van der Waals surface area contributed by atoms with Crippen molar-refractivity contribution in [3.8, 4) is 0 Å². The number of hydrogen-bond donors (Lipinski definition) is 0. The number of urea groups is 1. The second-order valence-corrected chi connectivity index (χ2v) is 7.40. The van der Waals surface area contributed by atoms with Gasteiger partial charge in [-0.2, -0.15) is 4.31 Å². The maximum atomic E-state index is 12.5. The summed E-state index contributed by atoms with van der Waals surface area (Å²) >= 11 is 5.77. The molecule has 0 aliphatic carbocycles. The topological polar surface area (TPSA) is 60.9 Å². The van der Waals surface area contributed by atoms with Gasteiger partial charge in [0.2, 0.25) is 10.0 Å². The minimum Gasteiger partial charge on any atom is -0.331 e. The Hall–Kier alpha value is -1.31. The summed E-state index contributed by atoms with van der Waals surface area (Å²) in [5.41, 5.74) is 0. The van der Waals surface area contributed by atoms with Gasteiger partial charge in [0, 0.05) is 45.3 Å². The second kappa shape index (κ2) is 6.21. The molecule has 0 aromatic heterocycles. The molecule has 1 aliphatic heterocycles. The lowest BCUT2D eigenvalue weighted by molar-refractivity contribution is 0.149. The van der Waals surface area contributed by atoms with E-state index < -0.39 is 10.0 Å². The van der Waals surface area contributed by atoms with Crippen LogP contribution in [0, 0.1) is 0 Å². The van der Waals surface area contributed by atoms with Crippen molar-refractivity contribution in [1.29, 1.82) is 0 Å². The quantitative estimate of drug-likeness (QED) is 0.821. The van der Waals surface area contributed by atoms with Crippen LogP contribution in [0.15, 0.2) is 29.2 Å².